The molecule has 1 heterocycles. The molecule has 1 fully saturated rings. The molecule has 1 N–H and O–H groups in total. The van der Waals surface area contributed by atoms with E-state index in [0.29, 0.717) is 0 Å². The summed E-state index contributed by atoms with van der Waals surface area (Å²) in [6.45, 7) is 5.30. The molecule has 0 aromatic carbocycles. The van der Waals surface area contributed by atoms with E-state index in [1.54, 1.807) is 6.92 Å². The van der Waals surface area contributed by atoms with Crippen molar-refractivity contribution < 1.29 is 24.3 Å². The fraction of sp³-hybridized carbons (Fsp3) is 0.600. The molecule has 0 amide bonds. The lowest BCUT2D eigenvalue weighted by Crippen LogP contribution is -2.34. The van der Waals surface area contributed by atoms with Crippen molar-refractivity contribution in [2.45, 2.75) is 25.5 Å². The molecule has 2 atom stereocenters. The molecular weight excluding hydrogens is 214 g/mol. The normalized spacial score (nSPS) is 25.1. The SMILES string of the molecule is C=CC(=O)O[C@H]1C[C@@H](C(=O)OCC)N(O)C1. The van der Waals surface area contributed by atoms with Gasteiger partial charge in [-0.3, -0.25) is 4.79 Å². The molecule has 0 unspecified atom stereocenters. The van der Waals surface area contributed by atoms with Crippen molar-refractivity contribution in [1.29, 1.82) is 0 Å². The Morgan fingerprint density at radius 2 is 2.31 bits per heavy atom. The van der Waals surface area contributed by atoms with Crippen LogP contribution in [0.5, 0.6) is 0 Å². The van der Waals surface area contributed by atoms with Gasteiger partial charge in [0.05, 0.1) is 13.2 Å². The zero-order valence-electron chi connectivity index (χ0n) is 9.09. The lowest BCUT2D eigenvalue weighted by Gasteiger charge is -2.14. The van der Waals surface area contributed by atoms with Crippen LogP contribution in [0.2, 0.25) is 0 Å². The molecule has 16 heavy (non-hydrogen) atoms. The van der Waals surface area contributed by atoms with Gasteiger partial charge in [-0.25, -0.2) is 4.79 Å². The highest BCUT2D eigenvalue weighted by atomic mass is 16.6. The first kappa shape index (κ1) is 12.7. The van der Waals surface area contributed by atoms with E-state index in [4.69, 9.17) is 9.47 Å². The fourth-order valence-corrected chi connectivity index (χ4v) is 1.54. The van der Waals surface area contributed by atoms with Gasteiger partial charge >= 0.3 is 11.9 Å². The number of carbonyl (C=O) groups is 2. The topological polar surface area (TPSA) is 76.1 Å². The van der Waals surface area contributed by atoms with E-state index in [1.165, 1.54) is 0 Å². The Bertz CT molecular complexity index is 291. The van der Waals surface area contributed by atoms with E-state index < -0.39 is 24.1 Å². The number of hydrogen-bond acceptors (Lipinski definition) is 6. The van der Waals surface area contributed by atoms with Crippen molar-refractivity contribution in [3.05, 3.63) is 12.7 Å². The first-order chi connectivity index (χ1) is 7.58. The Morgan fingerprint density at radius 1 is 1.62 bits per heavy atom. The molecular formula is C10H15NO5. The first-order valence-corrected chi connectivity index (χ1v) is 5.03. The number of carbonyl (C=O) groups excluding carboxylic acids is 2. The summed E-state index contributed by atoms with van der Waals surface area (Å²) in [7, 11) is 0. The molecule has 1 saturated heterocycles. The standard InChI is InChI=1S/C10H15NO5/c1-3-9(12)16-7-5-8(11(14)6-7)10(13)15-4-2/h3,7-8,14H,1,4-6H2,2H3/t7-,8-/m0/s1. The van der Waals surface area contributed by atoms with Crippen LogP contribution in [-0.4, -0.2) is 47.5 Å². The van der Waals surface area contributed by atoms with Gasteiger partial charge in [-0.15, -0.1) is 0 Å². The molecule has 6 heteroatoms. The molecule has 0 aromatic heterocycles. The van der Waals surface area contributed by atoms with E-state index in [1.807, 2.05) is 0 Å². The zero-order valence-corrected chi connectivity index (χ0v) is 9.09. The Labute approximate surface area is 93.4 Å². The van der Waals surface area contributed by atoms with Gasteiger partial charge in [0.2, 0.25) is 0 Å². The maximum absolute atomic E-state index is 11.4. The maximum Gasteiger partial charge on any atom is 0.330 e. The molecule has 0 saturated carbocycles. The van der Waals surface area contributed by atoms with E-state index in [2.05, 4.69) is 6.58 Å². The van der Waals surface area contributed by atoms with E-state index >= 15 is 0 Å². The Kier molecular flexibility index (Phi) is 4.45. The van der Waals surface area contributed by atoms with Crippen molar-refractivity contribution >= 4 is 11.9 Å². The van der Waals surface area contributed by atoms with Crippen molar-refractivity contribution in [2.24, 2.45) is 0 Å². The Morgan fingerprint density at radius 3 is 2.88 bits per heavy atom. The summed E-state index contributed by atoms with van der Waals surface area (Å²) >= 11 is 0. The van der Waals surface area contributed by atoms with Crippen LogP contribution >= 0.6 is 0 Å². The van der Waals surface area contributed by atoms with Crippen LogP contribution in [0.3, 0.4) is 0 Å². The highest BCUT2D eigenvalue weighted by molar-refractivity contribution is 5.81. The quantitative estimate of drug-likeness (QED) is 0.544. The van der Waals surface area contributed by atoms with E-state index in [9.17, 15) is 14.8 Å². The largest absolute Gasteiger partial charge is 0.465 e. The number of nitrogens with zero attached hydrogens (tertiary/aromatic N) is 1. The number of hydrogen-bond donors (Lipinski definition) is 1. The van der Waals surface area contributed by atoms with E-state index in [0.717, 1.165) is 11.1 Å². The molecule has 0 radical (unpaired) electrons. The molecule has 0 aliphatic carbocycles. The van der Waals surface area contributed by atoms with Gasteiger partial charge in [0.1, 0.15) is 12.1 Å². The highest BCUT2D eigenvalue weighted by Crippen LogP contribution is 2.19. The third-order valence-electron chi connectivity index (χ3n) is 2.24. The minimum absolute atomic E-state index is 0.100. The summed E-state index contributed by atoms with van der Waals surface area (Å²) in [6.07, 6.45) is 0.763. The lowest BCUT2D eigenvalue weighted by atomic mass is 10.2. The number of rotatable bonds is 4. The highest BCUT2D eigenvalue weighted by Gasteiger charge is 2.38. The smallest absolute Gasteiger partial charge is 0.330 e. The summed E-state index contributed by atoms with van der Waals surface area (Å²) in [4.78, 5) is 22.3. The van der Waals surface area contributed by atoms with Gasteiger partial charge in [0.25, 0.3) is 0 Å². The summed E-state index contributed by atoms with van der Waals surface area (Å²) in [5.41, 5.74) is 0. The average Bonchev–Trinajstić information content (AvgIpc) is 2.59. The van der Waals surface area contributed by atoms with Crippen molar-refractivity contribution in [1.82, 2.24) is 5.06 Å². The molecule has 90 valence electrons. The summed E-state index contributed by atoms with van der Waals surface area (Å²) in [5.74, 6) is -1.08. The van der Waals surface area contributed by atoms with Crippen LogP contribution in [0.4, 0.5) is 0 Å². The van der Waals surface area contributed by atoms with Crippen molar-refractivity contribution in [3.63, 3.8) is 0 Å². The van der Waals surface area contributed by atoms with Gasteiger partial charge < -0.3 is 14.7 Å². The van der Waals surface area contributed by atoms with Crippen LogP contribution in [-0.2, 0) is 19.1 Å². The molecule has 1 aliphatic heterocycles. The van der Waals surface area contributed by atoms with Gasteiger partial charge in [0, 0.05) is 12.5 Å². The third-order valence-corrected chi connectivity index (χ3v) is 2.24. The maximum atomic E-state index is 11.4. The Balaban J connectivity index is 2.49. The van der Waals surface area contributed by atoms with Gasteiger partial charge in [-0.05, 0) is 6.92 Å². The monoisotopic (exact) mass is 229 g/mol. The van der Waals surface area contributed by atoms with Gasteiger partial charge in [-0.1, -0.05) is 6.58 Å². The van der Waals surface area contributed by atoms with Crippen LogP contribution in [0.25, 0.3) is 0 Å². The Hall–Kier alpha value is -1.40. The second kappa shape index (κ2) is 5.62. The van der Waals surface area contributed by atoms with Crippen LogP contribution in [0.15, 0.2) is 12.7 Å². The van der Waals surface area contributed by atoms with Crippen LogP contribution in [0, 0.1) is 0 Å². The van der Waals surface area contributed by atoms with E-state index in [-0.39, 0.29) is 19.6 Å². The molecule has 0 spiro atoms. The minimum Gasteiger partial charge on any atom is -0.465 e. The number of esters is 2. The second-order valence-electron chi connectivity index (χ2n) is 3.39. The predicted molar refractivity (Wildman–Crippen MR) is 53.6 cm³/mol. The first-order valence-electron chi connectivity index (χ1n) is 5.03. The fourth-order valence-electron chi connectivity index (χ4n) is 1.54. The molecule has 1 aliphatic rings. The lowest BCUT2D eigenvalue weighted by molar-refractivity contribution is -0.167. The van der Waals surface area contributed by atoms with Crippen molar-refractivity contribution in [3.8, 4) is 0 Å². The second-order valence-corrected chi connectivity index (χ2v) is 3.39. The summed E-state index contributed by atoms with van der Waals surface area (Å²) in [6, 6.07) is -0.762. The molecule has 0 bridgehead atoms. The van der Waals surface area contributed by atoms with Crippen LogP contribution < -0.4 is 0 Å². The third kappa shape index (κ3) is 3.04. The summed E-state index contributed by atoms with van der Waals surface area (Å²) in [5, 5.41) is 10.3. The number of hydroxylamine groups is 2. The van der Waals surface area contributed by atoms with Gasteiger partial charge in [0.15, 0.2) is 0 Å². The van der Waals surface area contributed by atoms with Gasteiger partial charge in [-0.2, -0.15) is 5.06 Å². The average molecular weight is 229 g/mol. The number of ether oxygens (including phenoxy) is 2. The molecule has 1 rings (SSSR count). The molecule has 0 aromatic rings. The van der Waals surface area contributed by atoms with Crippen molar-refractivity contribution in [2.75, 3.05) is 13.2 Å². The molecule has 6 nitrogen and oxygen atoms in total. The predicted octanol–water partition coefficient (Wildman–Crippen LogP) is 0.111. The van der Waals surface area contributed by atoms with Crippen LogP contribution in [0.1, 0.15) is 13.3 Å². The zero-order chi connectivity index (χ0) is 12.1. The summed E-state index contributed by atoms with van der Waals surface area (Å²) < 4.78 is 9.70. The minimum atomic E-state index is -0.762.